The van der Waals surface area contributed by atoms with Crippen molar-refractivity contribution < 1.29 is 13.2 Å². The highest BCUT2D eigenvalue weighted by Gasteiger charge is 2.19. The molecule has 1 aromatic carbocycles. The topological polar surface area (TPSA) is 26.0 Å². The Kier molecular flexibility index (Phi) is 3.97. The SMILES string of the molecule is CC(C)(N)c1cc(F)c(F)c(F)c1.Cl. The van der Waals surface area contributed by atoms with Crippen molar-refractivity contribution in [1.29, 1.82) is 0 Å². The summed E-state index contributed by atoms with van der Waals surface area (Å²) in [6.07, 6.45) is 0. The molecule has 0 atom stereocenters. The number of nitrogens with two attached hydrogens (primary N) is 1. The third-order valence-corrected chi connectivity index (χ3v) is 1.73. The van der Waals surface area contributed by atoms with Crippen LogP contribution >= 0.6 is 12.4 Å². The molecule has 0 spiro atoms. The van der Waals surface area contributed by atoms with E-state index >= 15 is 0 Å². The van der Waals surface area contributed by atoms with Gasteiger partial charge in [0, 0.05) is 5.54 Å². The Morgan fingerprint density at radius 2 is 1.43 bits per heavy atom. The number of hydrogen-bond donors (Lipinski definition) is 1. The first-order valence-corrected chi connectivity index (χ1v) is 3.76. The van der Waals surface area contributed by atoms with Gasteiger partial charge < -0.3 is 5.73 Å². The molecule has 0 aromatic heterocycles. The highest BCUT2D eigenvalue weighted by atomic mass is 35.5. The van der Waals surface area contributed by atoms with Crippen molar-refractivity contribution in [3.8, 4) is 0 Å². The molecule has 0 unspecified atom stereocenters. The van der Waals surface area contributed by atoms with Gasteiger partial charge in [0.2, 0.25) is 0 Å². The van der Waals surface area contributed by atoms with Crippen LogP contribution in [0, 0.1) is 17.5 Å². The first-order chi connectivity index (χ1) is 5.82. The van der Waals surface area contributed by atoms with Crippen molar-refractivity contribution in [2.75, 3.05) is 0 Å². The highest BCUT2D eigenvalue weighted by molar-refractivity contribution is 5.85. The maximum atomic E-state index is 12.7. The second-order valence-corrected chi connectivity index (χ2v) is 3.48. The molecule has 0 saturated carbocycles. The fourth-order valence-corrected chi connectivity index (χ4v) is 0.928. The molecule has 2 N–H and O–H groups in total. The molecule has 0 bridgehead atoms. The fourth-order valence-electron chi connectivity index (χ4n) is 0.928. The molecule has 0 fully saturated rings. The van der Waals surface area contributed by atoms with Crippen molar-refractivity contribution in [3.63, 3.8) is 0 Å². The van der Waals surface area contributed by atoms with E-state index in [1.54, 1.807) is 13.8 Å². The van der Waals surface area contributed by atoms with Gasteiger partial charge in [0.1, 0.15) is 0 Å². The molecule has 0 heterocycles. The summed E-state index contributed by atoms with van der Waals surface area (Å²) in [5.74, 6) is -3.89. The number of benzene rings is 1. The Labute approximate surface area is 86.5 Å². The lowest BCUT2D eigenvalue weighted by Crippen LogP contribution is -2.29. The van der Waals surface area contributed by atoms with E-state index in [0.717, 1.165) is 12.1 Å². The third-order valence-electron chi connectivity index (χ3n) is 1.73. The Morgan fingerprint density at radius 3 is 1.71 bits per heavy atom. The average molecular weight is 226 g/mol. The van der Waals surface area contributed by atoms with E-state index in [4.69, 9.17) is 5.73 Å². The molecule has 5 heteroatoms. The summed E-state index contributed by atoms with van der Waals surface area (Å²) >= 11 is 0. The third kappa shape index (κ3) is 2.62. The lowest BCUT2D eigenvalue weighted by atomic mass is 9.95. The van der Waals surface area contributed by atoms with Crippen molar-refractivity contribution in [3.05, 3.63) is 35.1 Å². The van der Waals surface area contributed by atoms with Crippen molar-refractivity contribution in [1.82, 2.24) is 0 Å². The maximum Gasteiger partial charge on any atom is 0.194 e. The fraction of sp³-hybridized carbons (Fsp3) is 0.333. The van der Waals surface area contributed by atoms with Crippen LogP contribution in [0.2, 0.25) is 0 Å². The summed E-state index contributed by atoms with van der Waals surface area (Å²) in [5.41, 5.74) is 4.94. The Balaban J connectivity index is 0.00000169. The van der Waals surface area contributed by atoms with Crippen LogP contribution in [-0.2, 0) is 5.54 Å². The predicted octanol–water partition coefficient (Wildman–Crippen LogP) is 2.72. The van der Waals surface area contributed by atoms with E-state index in [-0.39, 0.29) is 18.0 Å². The van der Waals surface area contributed by atoms with Gasteiger partial charge >= 0.3 is 0 Å². The van der Waals surface area contributed by atoms with Crippen LogP contribution in [0.15, 0.2) is 12.1 Å². The first-order valence-electron chi connectivity index (χ1n) is 3.76. The molecule has 0 amide bonds. The van der Waals surface area contributed by atoms with Crippen LogP contribution in [0.3, 0.4) is 0 Å². The maximum absolute atomic E-state index is 12.7. The number of hydrogen-bond acceptors (Lipinski definition) is 1. The summed E-state index contributed by atoms with van der Waals surface area (Å²) in [6.45, 7) is 3.16. The number of rotatable bonds is 1. The summed E-state index contributed by atoms with van der Waals surface area (Å²) in [5, 5.41) is 0. The molecule has 1 aromatic rings. The molecule has 0 saturated heterocycles. The first kappa shape index (κ1) is 13.3. The average Bonchev–Trinajstić information content (AvgIpc) is 1.97. The van der Waals surface area contributed by atoms with Gasteiger partial charge in [-0.15, -0.1) is 12.4 Å². The minimum atomic E-state index is -1.46. The van der Waals surface area contributed by atoms with E-state index in [9.17, 15) is 13.2 Å². The normalized spacial score (nSPS) is 11.0. The Hall–Kier alpha value is -0.740. The van der Waals surface area contributed by atoms with E-state index in [0.29, 0.717) is 0 Å². The molecule has 0 aliphatic heterocycles. The largest absolute Gasteiger partial charge is 0.322 e. The lowest BCUT2D eigenvalue weighted by molar-refractivity contribution is 0.437. The summed E-state index contributed by atoms with van der Waals surface area (Å²) < 4.78 is 37.9. The zero-order valence-corrected chi connectivity index (χ0v) is 8.59. The monoisotopic (exact) mass is 225 g/mol. The zero-order chi connectivity index (χ0) is 10.2. The van der Waals surface area contributed by atoms with Gasteiger partial charge in [0.05, 0.1) is 0 Å². The van der Waals surface area contributed by atoms with Gasteiger partial charge in [-0.25, -0.2) is 13.2 Å². The van der Waals surface area contributed by atoms with Gasteiger partial charge in [-0.2, -0.15) is 0 Å². The van der Waals surface area contributed by atoms with E-state index < -0.39 is 23.0 Å². The van der Waals surface area contributed by atoms with E-state index in [1.165, 1.54) is 0 Å². The summed E-state index contributed by atoms with van der Waals surface area (Å²) in [7, 11) is 0. The van der Waals surface area contributed by atoms with Gasteiger partial charge in [0.15, 0.2) is 17.5 Å². The van der Waals surface area contributed by atoms with Gasteiger partial charge in [-0.3, -0.25) is 0 Å². The van der Waals surface area contributed by atoms with Crippen molar-refractivity contribution in [2.24, 2.45) is 5.73 Å². The molecular weight excluding hydrogens is 215 g/mol. The molecule has 0 radical (unpaired) electrons. The van der Waals surface area contributed by atoms with Crippen molar-refractivity contribution >= 4 is 12.4 Å². The van der Waals surface area contributed by atoms with Gasteiger partial charge in [-0.05, 0) is 31.5 Å². The van der Waals surface area contributed by atoms with E-state index in [1.807, 2.05) is 0 Å². The summed E-state index contributed by atoms with van der Waals surface area (Å²) in [6, 6.07) is 1.80. The molecule has 1 rings (SSSR count). The molecule has 80 valence electrons. The van der Waals surface area contributed by atoms with E-state index in [2.05, 4.69) is 0 Å². The molecule has 1 nitrogen and oxygen atoms in total. The molecule has 0 aliphatic rings. The van der Waals surface area contributed by atoms with Crippen LogP contribution in [0.25, 0.3) is 0 Å². The second kappa shape index (κ2) is 4.19. The van der Waals surface area contributed by atoms with Gasteiger partial charge in [0.25, 0.3) is 0 Å². The predicted molar refractivity (Wildman–Crippen MR) is 50.8 cm³/mol. The molecule has 14 heavy (non-hydrogen) atoms. The van der Waals surface area contributed by atoms with Crippen LogP contribution in [0.5, 0.6) is 0 Å². The zero-order valence-electron chi connectivity index (χ0n) is 7.77. The van der Waals surface area contributed by atoms with Crippen LogP contribution in [0.1, 0.15) is 19.4 Å². The standard InChI is InChI=1S/C9H10F3N.ClH/c1-9(2,13)5-3-6(10)8(12)7(11)4-5;/h3-4H,13H2,1-2H3;1H. The van der Waals surface area contributed by atoms with Crippen LogP contribution < -0.4 is 5.73 Å². The Morgan fingerprint density at radius 1 is 1.07 bits per heavy atom. The Bertz CT molecular complexity index is 310. The quantitative estimate of drug-likeness (QED) is 0.731. The second-order valence-electron chi connectivity index (χ2n) is 3.48. The minimum Gasteiger partial charge on any atom is -0.322 e. The van der Waals surface area contributed by atoms with Gasteiger partial charge in [-0.1, -0.05) is 0 Å². The van der Waals surface area contributed by atoms with Crippen LogP contribution in [-0.4, -0.2) is 0 Å². The van der Waals surface area contributed by atoms with Crippen LogP contribution in [0.4, 0.5) is 13.2 Å². The highest BCUT2D eigenvalue weighted by Crippen LogP contribution is 2.21. The summed E-state index contributed by atoms with van der Waals surface area (Å²) in [4.78, 5) is 0. The lowest BCUT2D eigenvalue weighted by Gasteiger charge is -2.19. The molecule has 0 aliphatic carbocycles. The molecular formula is C9H11ClF3N. The number of halogens is 4. The smallest absolute Gasteiger partial charge is 0.194 e. The van der Waals surface area contributed by atoms with Crippen molar-refractivity contribution in [2.45, 2.75) is 19.4 Å². The minimum absolute atomic E-state index is 0.